The number of allylic oxidation sites excluding steroid dienone is 8. The summed E-state index contributed by atoms with van der Waals surface area (Å²) in [6.07, 6.45) is 52.7. The number of amides is 1. The topological polar surface area (TPSA) is 169 Å². The normalized spacial score (nSPS) is 14.0. The van der Waals surface area contributed by atoms with E-state index < -0.39 is 57.6 Å². The largest absolute Gasteiger partial charge is 0.480 e. The first kappa shape index (κ1) is 60.4. The molecule has 0 aliphatic rings. The lowest BCUT2D eigenvalue weighted by Gasteiger charge is -2.18. The second kappa shape index (κ2) is 46.0. The van der Waals surface area contributed by atoms with Gasteiger partial charge in [-0.3, -0.25) is 18.6 Å². The lowest BCUT2D eigenvalue weighted by molar-refractivity contribution is -0.147. The van der Waals surface area contributed by atoms with Crippen LogP contribution in [0.25, 0.3) is 0 Å². The molecule has 3 atom stereocenters. The number of hydrogen-bond donors (Lipinski definition) is 4. The number of hydrogen-bond acceptors (Lipinski definition) is 8. The number of unbranched alkanes of at least 4 members (excludes halogenated alkanes) is 25. The molecular weight excluding hydrogens is 818 g/mol. The van der Waals surface area contributed by atoms with Gasteiger partial charge in [-0.1, -0.05) is 184 Å². The first-order chi connectivity index (χ1) is 30.6. The quantitative estimate of drug-likeness (QED) is 0.0200. The third kappa shape index (κ3) is 45.8. The van der Waals surface area contributed by atoms with Crippen molar-refractivity contribution in [1.82, 2.24) is 5.32 Å². The summed E-state index contributed by atoms with van der Waals surface area (Å²) in [5, 5.41) is 21.9. The summed E-state index contributed by atoms with van der Waals surface area (Å²) in [5.41, 5.74) is 0. The van der Waals surface area contributed by atoms with E-state index in [4.69, 9.17) is 13.8 Å². The van der Waals surface area contributed by atoms with Crippen molar-refractivity contribution in [2.45, 2.75) is 238 Å². The molecule has 0 radical (unpaired) electrons. The van der Waals surface area contributed by atoms with Crippen LogP contribution in [0.5, 0.6) is 0 Å². The second-order valence-electron chi connectivity index (χ2n) is 17.0. The first-order valence-electron chi connectivity index (χ1n) is 25.2. The summed E-state index contributed by atoms with van der Waals surface area (Å²) >= 11 is 0. The number of esters is 1. The Kier molecular flexibility index (Phi) is 44.1. The van der Waals surface area contributed by atoms with E-state index in [0.717, 1.165) is 70.6 Å². The maximum atomic E-state index is 12.3. The summed E-state index contributed by atoms with van der Waals surface area (Å²) in [5.74, 6) is -2.38. The number of nitrogens with one attached hydrogen (secondary N) is 1. The fourth-order valence-corrected chi connectivity index (χ4v) is 7.68. The Bertz CT molecular complexity index is 1250. The van der Waals surface area contributed by atoms with Gasteiger partial charge in [0.1, 0.15) is 12.7 Å². The van der Waals surface area contributed by atoms with Gasteiger partial charge in [0.2, 0.25) is 5.91 Å². The second-order valence-corrected chi connectivity index (χ2v) is 18.5. The molecular formula is C51H92NO10P. The van der Waals surface area contributed by atoms with Crippen LogP contribution in [0.3, 0.4) is 0 Å². The van der Waals surface area contributed by atoms with Gasteiger partial charge in [-0.25, -0.2) is 9.36 Å². The lowest BCUT2D eigenvalue weighted by atomic mass is 10.0. The number of carboxylic acid groups (broad SMARTS) is 1. The van der Waals surface area contributed by atoms with Gasteiger partial charge in [0.25, 0.3) is 0 Å². The highest BCUT2D eigenvalue weighted by Gasteiger charge is 2.28. The van der Waals surface area contributed by atoms with Crippen molar-refractivity contribution in [3.05, 3.63) is 48.6 Å². The average molecular weight is 910 g/mol. The van der Waals surface area contributed by atoms with Crippen LogP contribution in [0.15, 0.2) is 48.6 Å². The number of aliphatic hydroxyl groups excluding tert-OH is 1. The van der Waals surface area contributed by atoms with Crippen LogP contribution in [0.2, 0.25) is 0 Å². The van der Waals surface area contributed by atoms with Crippen molar-refractivity contribution in [2.24, 2.45) is 0 Å². The minimum Gasteiger partial charge on any atom is -0.480 e. The number of carbonyl (C=O) groups is 3. The molecule has 366 valence electrons. The molecule has 0 bridgehead atoms. The molecule has 0 saturated carbocycles. The smallest absolute Gasteiger partial charge is 0.472 e. The number of aliphatic hydroxyl groups is 1. The van der Waals surface area contributed by atoms with Gasteiger partial charge in [0, 0.05) is 12.8 Å². The third-order valence-corrected chi connectivity index (χ3v) is 11.8. The van der Waals surface area contributed by atoms with Crippen molar-refractivity contribution in [3.63, 3.8) is 0 Å². The van der Waals surface area contributed by atoms with Gasteiger partial charge in [-0.05, 0) is 77.0 Å². The number of phosphoric ester groups is 1. The zero-order chi connectivity index (χ0) is 46.3. The maximum Gasteiger partial charge on any atom is 0.472 e. The van der Waals surface area contributed by atoms with E-state index in [9.17, 15) is 34.1 Å². The molecule has 11 nitrogen and oxygen atoms in total. The van der Waals surface area contributed by atoms with Gasteiger partial charge < -0.3 is 25.2 Å². The standard InChI is InChI=1S/C51H92NO10P/c1-3-5-7-9-11-13-15-17-19-21-23-24-25-27-29-31-33-35-37-39-41-43-50(55)60-44-47(53)45-61-63(58,59)62-46-48(51(56)57)52-49(54)42-40-38-36-34-32-30-28-26-22-20-18-16-14-12-10-8-6-4-2/h11,13-14,16-17,19-20,22,47-48,53H,3-10,12,15,18,21,23-46H2,1-2H3,(H,52,54)(H,56,57)(H,58,59)/b13-11-,16-14-,19-17-,22-20-. The third-order valence-electron chi connectivity index (χ3n) is 10.8. The van der Waals surface area contributed by atoms with Gasteiger partial charge >= 0.3 is 19.8 Å². The zero-order valence-corrected chi connectivity index (χ0v) is 40.8. The minimum atomic E-state index is -4.76. The molecule has 1 amide bonds. The van der Waals surface area contributed by atoms with Gasteiger partial charge in [-0.15, -0.1) is 0 Å². The molecule has 0 rings (SSSR count). The Morgan fingerprint density at radius 1 is 0.508 bits per heavy atom. The van der Waals surface area contributed by atoms with Gasteiger partial charge in [0.05, 0.1) is 13.2 Å². The van der Waals surface area contributed by atoms with Crippen molar-refractivity contribution in [2.75, 3.05) is 19.8 Å². The van der Waals surface area contributed by atoms with E-state index in [-0.39, 0.29) is 12.8 Å². The number of ether oxygens (including phenoxy) is 1. The summed E-state index contributed by atoms with van der Waals surface area (Å²) in [7, 11) is -4.76. The minimum absolute atomic E-state index is 0.136. The van der Waals surface area contributed by atoms with E-state index in [2.05, 4.69) is 67.8 Å². The molecule has 12 heteroatoms. The summed E-state index contributed by atoms with van der Waals surface area (Å²) in [6, 6.07) is -1.55. The molecule has 0 spiro atoms. The molecule has 0 saturated heterocycles. The fourth-order valence-electron chi connectivity index (χ4n) is 6.91. The molecule has 0 aliphatic heterocycles. The number of aliphatic carboxylic acids is 1. The van der Waals surface area contributed by atoms with Crippen LogP contribution in [0, 0.1) is 0 Å². The first-order valence-corrected chi connectivity index (χ1v) is 26.7. The lowest BCUT2D eigenvalue weighted by Crippen LogP contribution is -2.43. The Hall–Kier alpha value is -2.56. The number of carbonyl (C=O) groups excluding carboxylic acids is 2. The number of rotatable bonds is 47. The number of carboxylic acids is 1. The maximum absolute atomic E-state index is 12.3. The molecule has 0 aromatic carbocycles. The summed E-state index contributed by atoms with van der Waals surface area (Å²) < 4.78 is 26.9. The molecule has 0 fully saturated rings. The Labute approximate surface area is 384 Å². The molecule has 4 N–H and O–H groups in total. The average Bonchev–Trinajstić information content (AvgIpc) is 3.26. The van der Waals surface area contributed by atoms with Crippen molar-refractivity contribution in [3.8, 4) is 0 Å². The van der Waals surface area contributed by atoms with Crippen LogP contribution in [0.4, 0.5) is 0 Å². The van der Waals surface area contributed by atoms with Crippen LogP contribution in [-0.4, -0.2) is 64.9 Å². The molecule has 0 heterocycles. The summed E-state index contributed by atoms with van der Waals surface area (Å²) in [6.45, 7) is 2.57. The summed E-state index contributed by atoms with van der Waals surface area (Å²) in [4.78, 5) is 46.1. The molecule has 63 heavy (non-hydrogen) atoms. The van der Waals surface area contributed by atoms with Crippen LogP contribution in [-0.2, 0) is 32.7 Å². The molecule has 3 unspecified atom stereocenters. The molecule has 0 aromatic rings. The van der Waals surface area contributed by atoms with E-state index >= 15 is 0 Å². The van der Waals surface area contributed by atoms with Crippen LogP contribution in [0.1, 0.15) is 226 Å². The predicted octanol–water partition coefficient (Wildman–Crippen LogP) is 13.7. The van der Waals surface area contributed by atoms with E-state index in [0.29, 0.717) is 12.8 Å². The van der Waals surface area contributed by atoms with E-state index in [1.165, 1.54) is 116 Å². The fraction of sp³-hybridized carbons (Fsp3) is 0.784. The van der Waals surface area contributed by atoms with Crippen LogP contribution >= 0.6 is 7.82 Å². The highest BCUT2D eigenvalue weighted by molar-refractivity contribution is 7.47. The Morgan fingerprint density at radius 2 is 0.873 bits per heavy atom. The van der Waals surface area contributed by atoms with E-state index in [1.54, 1.807) is 0 Å². The zero-order valence-electron chi connectivity index (χ0n) is 39.9. The van der Waals surface area contributed by atoms with Crippen LogP contribution < -0.4 is 5.32 Å². The Morgan fingerprint density at radius 3 is 1.32 bits per heavy atom. The van der Waals surface area contributed by atoms with Crippen molar-refractivity contribution < 1.29 is 47.8 Å². The monoisotopic (exact) mass is 910 g/mol. The van der Waals surface area contributed by atoms with Crippen molar-refractivity contribution >= 4 is 25.7 Å². The van der Waals surface area contributed by atoms with Crippen molar-refractivity contribution in [1.29, 1.82) is 0 Å². The highest BCUT2D eigenvalue weighted by Crippen LogP contribution is 2.43. The Balaban J connectivity index is 3.84. The van der Waals surface area contributed by atoms with Gasteiger partial charge in [0.15, 0.2) is 6.04 Å². The number of phosphoric acid groups is 1. The SMILES string of the molecule is CCCCC/C=C\C/C=C\CCCCCCCCCCCCCC(=O)OCC(O)COP(=O)(O)OCC(NC(=O)CCCCCCCCC/C=C\C/C=C\CCCCCC)C(=O)O. The van der Waals surface area contributed by atoms with Gasteiger partial charge in [-0.2, -0.15) is 0 Å². The van der Waals surface area contributed by atoms with E-state index in [1.807, 2.05) is 0 Å². The predicted molar refractivity (Wildman–Crippen MR) is 259 cm³/mol. The molecule has 0 aliphatic carbocycles. The highest BCUT2D eigenvalue weighted by atomic mass is 31.2. The molecule has 0 aromatic heterocycles.